The zero-order chi connectivity index (χ0) is 15.1. The van der Waals surface area contributed by atoms with Crippen LogP contribution in [0.4, 0.5) is 0 Å². The van der Waals surface area contributed by atoms with Crippen LogP contribution in [-0.2, 0) is 11.3 Å². The SMILES string of the molecule is CC[C@H](Oc1ccc(Cl)cc1)C(=O)NCc1cccnc1. The molecule has 0 saturated carbocycles. The second-order valence-corrected chi connectivity index (χ2v) is 4.98. The fourth-order valence-electron chi connectivity index (χ4n) is 1.81. The predicted octanol–water partition coefficient (Wildman–Crippen LogP) is 3.21. The van der Waals surface area contributed by atoms with Gasteiger partial charge in [-0.2, -0.15) is 0 Å². The fourth-order valence-corrected chi connectivity index (χ4v) is 1.93. The van der Waals surface area contributed by atoms with E-state index in [2.05, 4.69) is 10.3 Å². The van der Waals surface area contributed by atoms with E-state index < -0.39 is 6.10 Å². The van der Waals surface area contributed by atoms with E-state index in [9.17, 15) is 4.79 Å². The monoisotopic (exact) mass is 304 g/mol. The van der Waals surface area contributed by atoms with Crippen molar-refractivity contribution in [2.75, 3.05) is 0 Å². The molecule has 0 fully saturated rings. The van der Waals surface area contributed by atoms with Crippen LogP contribution in [0.5, 0.6) is 5.75 Å². The highest BCUT2D eigenvalue weighted by Crippen LogP contribution is 2.17. The molecular weight excluding hydrogens is 288 g/mol. The first kappa shape index (κ1) is 15.3. The maximum atomic E-state index is 12.1. The molecule has 21 heavy (non-hydrogen) atoms. The molecule has 0 radical (unpaired) electrons. The number of ether oxygens (including phenoxy) is 1. The van der Waals surface area contributed by atoms with Gasteiger partial charge in [0.05, 0.1) is 0 Å². The first-order valence-corrected chi connectivity index (χ1v) is 7.15. The van der Waals surface area contributed by atoms with Gasteiger partial charge in [0.1, 0.15) is 5.75 Å². The largest absolute Gasteiger partial charge is 0.481 e. The molecule has 1 aromatic heterocycles. The van der Waals surface area contributed by atoms with Gasteiger partial charge in [-0.15, -0.1) is 0 Å². The van der Waals surface area contributed by atoms with Crippen molar-refractivity contribution in [1.82, 2.24) is 10.3 Å². The van der Waals surface area contributed by atoms with Crippen LogP contribution in [0, 0.1) is 0 Å². The molecule has 0 spiro atoms. The number of aromatic nitrogens is 1. The smallest absolute Gasteiger partial charge is 0.261 e. The van der Waals surface area contributed by atoms with Gasteiger partial charge >= 0.3 is 0 Å². The van der Waals surface area contributed by atoms with E-state index in [-0.39, 0.29) is 5.91 Å². The number of amides is 1. The molecule has 1 N–H and O–H groups in total. The lowest BCUT2D eigenvalue weighted by Crippen LogP contribution is -2.37. The average molecular weight is 305 g/mol. The summed E-state index contributed by atoms with van der Waals surface area (Å²) in [6.07, 6.45) is 3.48. The highest BCUT2D eigenvalue weighted by atomic mass is 35.5. The second-order valence-electron chi connectivity index (χ2n) is 4.55. The van der Waals surface area contributed by atoms with Gasteiger partial charge < -0.3 is 10.1 Å². The van der Waals surface area contributed by atoms with E-state index in [0.717, 1.165) is 5.56 Å². The van der Waals surface area contributed by atoms with Crippen LogP contribution in [0.25, 0.3) is 0 Å². The molecule has 0 aliphatic carbocycles. The zero-order valence-electron chi connectivity index (χ0n) is 11.8. The Morgan fingerprint density at radius 1 is 1.33 bits per heavy atom. The summed E-state index contributed by atoms with van der Waals surface area (Å²) in [5.41, 5.74) is 0.951. The molecule has 4 nitrogen and oxygen atoms in total. The first-order chi connectivity index (χ1) is 10.2. The van der Waals surface area contributed by atoms with Gasteiger partial charge in [-0.25, -0.2) is 0 Å². The third-order valence-corrected chi connectivity index (χ3v) is 3.20. The summed E-state index contributed by atoms with van der Waals surface area (Å²) in [6.45, 7) is 2.34. The Morgan fingerprint density at radius 3 is 2.71 bits per heavy atom. The van der Waals surface area contributed by atoms with Crippen LogP contribution >= 0.6 is 11.6 Å². The number of carbonyl (C=O) groups excluding carboxylic acids is 1. The molecule has 1 amide bonds. The van der Waals surface area contributed by atoms with Crippen molar-refractivity contribution in [2.24, 2.45) is 0 Å². The van der Waals surface area contributed by atoms with E-state index in [0.29, 0.717) is 23.7 Å². The lowest BCUT2D eigenvalue weighted by Gasteiger charge is -2.17. The molecule has 2 aromatic rings. The average Bonchev–Trinajstić information content (AvgIpc) is 2.53. The number of nitrogens with zero attached hydrogens (tertiary/aromatic N) is 1. The third kappa shape index (κ3) is 4.76. The van der Waals surface area contributed by atoms with Crippen LogP contribution in [-0.4, -0.2) is 17.0 Å². The maximum absolute atomic E-state index is 12.1. The summed E-state index contributed by atoms with van der Waals surface area (Å²) < 4.78 is 5.68. The van der Waals surface area contributed by atoms with Gasteiger partial charge in [-0.05, 0) is 42.3 Å². The van der Waals surface area contributed by atoms with Gasteiger partial charge in [0.2, 0.25) is 0 Å². The molecule has 0 saturated heterocycles. The van der Waals surface area contributed by atoms with Gasteiger partial charge in [0.15, 0.2) is 6.10 Å². The van der Waals surface area contributed by atoms with Crippen molar-refractivity contribution in [2.45, 2.75) is 26.0 Å². The molecule has 5 heteroatoms. The van der Waals surface area contributed by atoms with Crippen LogP contribution < -0.4 is 10.1 Å². The predicted molar refractivity (Wildman–Crippen MR) is 82.2 cm³/mol. The van der Waals surface area contributed by atoms with Crippen LogP contribution in [0.1, 0.15) is 18.9 Å². The van der Waals surface area contributed by atoms with Crippen LogP contribution in [0.2, 0.25) is 5.02 Å². The Bertz CT molecular complexity index is 573. The summed E-state index contributed by atoms with van der Waals surface area (Å²) in [5, 5.41) is 3.49. The van der Waals surface area contributed by atoms with Crippen molar-refractivity contribution in [3.05, 3.63) is 59.4 Å². The lowest BCUT2D eigenvalue weighted by atomic mass is 10.2. The standard InChI is InChI=1S/C16H17ClN2O2/c1-2-15(21-14-7-5-13(17)6-8-14)16(20)19-11-12-4-3-9-18-10-12/h3-10,15H,2,11H2,1H3,(H,19,20)/t15-/m0/s1. The Morgan fingerprint density at radius 2 is 2.10 bits per heavy atom. The minimum absolute atomic E-state index is 0.142. The second kappa shape index (κ2) is 7.64. The number of pyridine rings is 1. The third-order valence-electron chi connectivity index (χ3n) is 2.94. The Labute approximate surface area is 129 Å². The summed E-state index contributed by atoms with van der Waals surface area (Å²) in [6, 6.07) is 10.7. The van der Waals surface area contributed by atoms with E-state index in [1.54, 1.807) is 36.7 Å². The lowest BCUT2D eigenvalue weighted by molar-refractivity contribution is -0.128. The van der Waals surface area contributed by atoms with E-state index >= 15 is 0 Å². The summed E-state index contributed by atoms with van der Waals surface area (Å²) in [5.74, 6) is 0.485. The summed E-state index contributed by atoms with van der Waals surface area (Å²) in [4.78, 5) is 16.1. The molecule has 0 unspecified atom stereocenters. The van der Waals surface area contributed by atoms with E-state index in [1.807, 2.05) is 19.1 Å². The fraction of sp³-hybridized carbons (Fsp3) is 0.250. The van der Waals surface area contributed by atoms with E-state index in [4.69, 9.17) is 16.3 Å². The van der Waals surface area contributed by atoms with Crippen molar-refractivity contribution >= 4 is 17.5 Å². The van der Waals surface area contributed by atoms with Crippen molar-refractivity contribution in [3.8, 4) is 5.75 Å². The number of rotatable bonds is 6. The molecule has 0 bridgehead atoms. The molecule has 110 valence electrons. The first-order valence-electron chi connectivity index (χ1n) is 6.78. The van der Waals surface area contributed by atoms with Gasteiger partial charge in [0.25, 0.3) is 5.91 Å². The maximum Gasteiger partial charge on any atom is 0.261 e. The number of hydrogen-bond acceptors (Lipinski definition) is 3. The molecule has 2 rings (SSSR count). The number of benzene rings is 1. The molecule has 1 heterocycles. The van der Waals surface area contributed by atoms with Crippen molar-refractivity contribution < 1.29 is 9.53 Å². The number of carbonyl (C=O) groups is 1. The molecule has 1 atom stereocenters. The Hall–Kier alpha value is -2.07. The topological polar surface area (TPSA) is 51.2 Å². The molecule has 0 aliphatic rings. The number of halogens is 1. The van der Waals surface area contributed by atoms with Gasteiger partial charge in [0, 0.05) is 24.0 Å². The minimum atomic E-state index is -0.525. The van der Waals surface area contributed by atoms with Crippen LogP contribution in [0.15, 0.2) is 48.8 Å². The highest BCUT2D eigenvalue weighted by Gasteiger charge is 2.17. The van der Waals surface area contributed by atoms with Crippen molar-refractivity contribution in [1.29, 1.82) is 0 Å². The minimum Gasteiger partial charge on any atom is -0.481 e. The number of nitrogens with one attached hydrogen (secondary N) is 1. The highest BCUT2D eigenvalue weighted by molar-refractivity contribution is 6.30. The molecular formula is C16H17ClN2O2. The van der Waals surface area contributed by atoms with Gasteiger partial charge in [-0.1, -0.05) is 24.6 Å². The van der Waals surface area contributed by atoms with Crippen LogP contribution in [0.3, 0.4) is 0 Å². The van der Waals surface area contributed by atoms with Gasteiger partial charge in [-0.3, -0.25) is 9.78 Å². The molecule has 0 aliphatic heterocycles. The Balaban J connectivity index is 1.90. The number of hydrogen-bond donors (Lipinski definition) is 1. The van der Waals surface area contributed by atoms with Crippen molar-refractivity contribution in [3.63, 3.8) is 0 Å². The zero-order valence-corrected chi connectivity index (χ0v) is 12.5. The normalized spacial score (nSPS) is 11.7. The summed E-state index contributed by atoms with van der Waals surface area (Å²) in [7, 11) is 0. The summed E-state index contributed by atoms with van der Waals surface area (Å²) >= 11 is 5.82. The Kier molecular flexibility index (Phi) is 5.58. The van der Waals surface area contributed by atoms with E-state index in [1.165, 1.54) is 0 Å². The molecule has 1 aromatic carbocycles. The quantitative estimate of drug-likeness (QED) is 0.891.